The second-order valence-electron chi connectivity index (χ2n) is 4.80. The fourth-order valence-electron chi connectivity index (χ4n) is 2.46. The van der Waals surface area contributed by atoms with Crippen molar-refractivity contribution in [2.75, 3.05) is 5.75 Å². The third kappa shape index (κ3) is 3.00. The number of thiophene rings is 1. The molecule has 1 aromatic heterocycles. The van der Waals surface area contributed by atoms with Crippen LogP contribution >= 0.6 is 34.7 Å². The van der Waals surface area contributed by atoms with E-state index in [2.05, 4.69) is 42.6 Å². The lowest BCUT2D eigenvalue weighted by Crippen LogP contribution is -2.28. The van der Waals surface area contributed by atoms with Crippen molar-refractivity contribution >= 4 is 34.7 Å². The van der Waals surface area contributed by atoms with Crippen molar-refractivity contribution in [2.45, 2.75) is 24.8 Å². The monoisotopic (exact) mass is 309 g/mol. The van der Waals surface area contributed by atoms with E-state index in [0.29, 0.717) is 12.1 Å². The van der Waals surface area contributed by atoms with Gasteiger partial charge in [0.2, 0.25) is 0 Å². The highest BCUT2D eigenvalue weighted by Gasteiger charge is 2.22. The van der Waals surface area contributed by atoms with Crippen molar-refractivity contribution in [1.82, 2.24) is 5.32 Å². The summed E-state index contributed by atoms with van der Waals surface area (Å²) in [6, 6.07) is 13.6. The number of nitrogens with one attached hydrogen (secondary N) is 1. The third-order valence-corrected chi connectivity index (χ3v) is 5.94. The molecule has 0 radical (unpaired) electrons. The molecule has 2 unspecified atom stereocenters. The molecule has 0 spiro atoms. The van der Waals surface area contributed by atoms with Gasteiger partial charge >= 0.3 is 0 Å². The molecule has 1 aliphatic rings. The minimum atomic E-state index is 0.342. The molecule has 19 heavy (non-hydrogen) atoms. The van der Waals surface area contributed by atoms with Crippen LogP contribution < -0.4 is 5.32 Å². The van der Waals surface area contributed by atoms with Gasteiger partial charge in [-0.25, -0.2) is 0 Å². The number of thioether (sulfide) groups is 1. The van der Waals surface area contributed by atoms with Crippen molar-refractivity contribution in [3.63, 3.8) is 0 Å². The summed E-state index contributed by atoms with van der Waals surface area (Å²) in [6.45, 7) is 2.21. The van der Waals surface area contributed by atoms with Crippen molar-refractivity contribution in [3.8, 4) is 0 Å². The Labute approximate surface area is 127 Å². The Bertz CT molecular complexity index is 567. The summed E-state index contributed by atoms with van der Waals surface area (Å²) < 4.78 is 0.863. The number of benzene rings is 1. The van der Waals surface area contributed by atoms with Gasteiger partial charge in [0, 0.05) is 28.5 Å². The van der Waals surface area contributed by atoms with E-state index < -0.39 is 0 Å². The van der Waals surface area contributed by atoms with Gasteiger partial charge in [-0.3, -0.25) is 0 Å². The highest BCUT2D eigenvalue weighted by atomic mass is 35.5. The minimum absolute atomic E-state index is 0.342. The summed E-state index contributed by atoms with van der Waals surface area (Å²) in [7, 11) is 0. The standard InChI is InChI=1S/C15H16ClNS2/c1-10(14-6-7-15(16)19-14)17-13-9-18-8-11-4-2-3-5-12(11)13/h2-7,10,13,17H,8-9H2,1H3. The number of rotatable bonds is 3. The average molecular weight is 310 g/mol. The first-order chi connectivity index (χ1) is 9.24. The molecule has 0 bridgehead atoms. The maximum Gasteiger partial charge on any atom is 0.0931 e. The zero-order valence-electron chi connectivity index (χ0n) is 10.7. The van der Waals surface area contributed by atoms with E-state index in [9.17, 15) is 0 Å². The summed E-state index contributed by atoms with van der Waals surface area (Å²) in [6.07, 6.45) is 0. The largest absolute Gasteiger partial charge is 0.302 e. The molecule has 2 atom stereocenters. The molecule has 1 aliphatic heterocycles. The fraction of sp³-hybridized carbons (Fsp3) is 0.333. The molecule has 100 valence electrons. The Kier molecular flexibility index (Phi) is 4.18. The van der Waals surface area contributed by atoms with E-state index in [4.69, 9.17) is 11.6 Å². The summed E-state index contributed by atoms with van der Waals surface area (Å²) in [4.78, 5) is 1.30. The summed E-state index contributed by atoms with van der Waals surface area (Å²) in [5.74, 6) is 2.27. The van der Waals surface area contributed by atoms with Crippen LogP contribution in [0.4, 0.5) is 0 Å². The first-order valence-corrected chi connectivity index (χ1v) is 8.76. The van der Waals surface area contributed by atoms with Gasteiger partial charge in [0.1, 0.15) is 0 Å². The molecule has 1 nitrogen and oxygen atoms in total. The van der Waals surface area contributed by atoms with Crippen molar-refractivity contribution in [1.29, 1.82) is 0 Å². The van der Waals surface area contributed by atoms with Gasteiger partial charge in [-0.1, -0.05) is 35.9 Å². The van der Waals surface area contributed by atoms with Gasteiger partial charge < -0.3 is 5.32 Å². The maximum absolute atomic E-state index is 6.01. The predicted octanol–water partition coefficient (Wildman–Crippen LogP) is 5.04. The maximum atomic E-state index is 6.01. The van der Waals surface area contributed by atoms with E-state index in [-0.39, 0.29) is 0 Å². The van der Waals surface area contributed by atoms with Crippen LogP contribution in [-0.2, 0) is 5.75 Å². The molecule has 0 aliphatic carbocycles. The predicted molar refractivity (Wildman–Crippen MR) is 86.2 cm³/mol. The Hall–Kier alpha value is -0.480. The molecule has 4 heteroatoms. The molecular formula is C15H16ClNS2. The first kappa shape index (κ1) is 13.5. The van der Waals surface area contributed by atoms with Gasteiger partial charge in [-0.2, -0.15) is 11.8 Å². The van der Waals surface area contributed by atoms with Crippen LogP contribution in [0.1, 0.15) is 35.0 Å². The number of hydrogen-bond donors (Lipinski definition) is 1. The summed E-state index contributed by atoms with van der Waals surface area (Å²) >= 11 is 9.68. The normalized spacial score (nSPS) is 20.0. The van der Waals surface area contributed by atoms with Gasteiger partial charge in [0.25, 0.3) is 0 Å². The van der Waals surface area contributed by atoms with E-state index in [1.807, 2.05) is 17.8 Å². The molecule has 0 saturated heterocycles. The second kappa shape index (κ2) is 5.88. The van der Waals surface area contributed by atoms with Crippen LogP contribution in [0.5, 0.6) is 0 Å². The van der Waals surface area contributed by atoms with Crippen molar-refractivity contribution < 1.29 is 0 Å². The van der Waals surface area contributed by atoms with Crippen LogP contribution in [0.15, 0.2) is 36.4 Å². The topological polar surface area (TPSA) is 12.0 Å². The highest BCUT2D eigenvalue weighted by Crippen LogP contribution is 2.34. The number of fused-ring (bicyclic) bond motifs is 1. The Morgan fingerprint density at radius 2 is 2.11 bits per heavy atom. The molecule has 0 saturated carbocycles. The third-order valence-electron chi connectivity index (χ3n) is 3.44. The van der Waals surface area contributed by atoms with E-state index in [0.717, 1.165) is 15.8 Å². The Balaban J connectivity index is 1.77. The zero-order valence-corrected chi connectivity index (χ0v) is 13.1. The van der Waals surface area contributed by atoms with Gasteiger partial charge in [0.15, 0.2) is 0 Å². The lowest BCUT2D eigenvalue weighted by Gasteiger charge is -2.28. The van der Waals surface area contributed by atoms with Gasteiger partial charge in [-0.05, 0) is 30.2 Å². The fourth-order valence-corrected chi connectivity index (χ4v) is 4.65. The van der Waals surface area contributed by atoms with Crippen LogP contribution in [0.2, 0.25) is 4.34 Å². The van der Waals surface area contributed by atoms with Gasteiger partial charge in [0.05, 0.1) is 4.34 Å². The number of hydrogen-bond acceptors (Lipinski definition) is 3. The second-order valence-corrected chi connectivity index (χ2v) is 7.57. The zero-order chi connectivity index (χ0) is 13.2. The van der Waals surface area contributed by atoms with E-state index in [1.165, 1.54) is 16.0 Å². The van der Waals surface area contributed by atoms with E-state index in [1.54, 1.807) is 11.3 Å². The molecule has 0 fully saturated rings. The highest BCUT2D eigenvalue weighted by molar-refractivity contribution is 7.98. The minimum Gasteiger partial charge on any atom is -0.302 e. The quantitative estimate of drug-likeness (QED) is 0.852. The van der Waals surface area contributed by atoms with Gasteiger partial charge in [-0.15, -0.1) is 11.3 Å². The molecule has 2 aromatic rings. The molecular weight excluding hydrogens is 294 g/mol. The van der Waals surface area contributed by atoms with Crippen LogP contribution in [0, 0.1) is 0 Å². The van der Waals surface area contributed by atoms with Crippen LogP contribution in [0.3, 0.4) is 0 Å². The first-order valence-electron chi connectivity index (χ1n) is 6.41. The molecule has 2 heterocycles. The number of halogens is 1. The molecule has 0 amide bonds. The summed E-state index contributed by atoms with van der Waals surface area (Å²) in [5, 5.41) is 3.74. The molecule has 3 rings (SSSR count). The smallest absolute Gasteiger partial charge is 0.0931 e. The lowest BCUT2D eigenvalue weighted by molar-refractivity contribution is 0.501. The molecule has 1 N–H and O–H groups in total. The summed E-state index contributed by atoms with van der Waals surface area (Å²) in [5.41, 5.74) is 2.92. The van der Waals surface area contributed by atoms with Crippen LogP contribution in [-0.4, -0.2) is 5.75 Å². The van der Waals surface area contributed by atoms with E-state index >= 15 is 0 Å². The van der Waals surface area contributed by atoms with Crippen molar-refractivity contribution in [3.05, 3.63) is 56.7 Å². The Morgan fingerprint density at radius 3 is 2.89 bits per heavy atom. The molecule has 1 aromatic carbocycles. The lowest BCUT2D eigenvalue weighted by atomic mass is 10.0. The SMILES string of the molecule is CC(NC1CSCc2ccccc21)c1ccc(Cl)s1. The van der Waals surface area contributed by atoms with Crippen molar-refractivity contribution in [2.24, 2.45) is 0 Å². The average Bonchev–Trinajstić information content (AvgIpc) is 2.86. The van der Waals surface area contributed by atoms with Crippen LogP contribution in [0.25, 0.3) is 0 Å². The Morgan fingerprint density at radius 1 is 1.26 bits per heavy atom.